The van der Waals surface area contributed by atoms with Crippen LogP contribution in [0.5, 0.6) is 0 Å². The van der Waals surface area contributed by atoms with Gasteiger partial charge in [0, 0.05) is 12.3 Å². The number of ether oxygens (including phenoxy) is 7. The van der Waals surface area contributed by atoms with Gasteiger partial charge in [-0.05, 0) is 97.7 Å². The lowest BCUT2D eigenvalue weighted by atomic mass is 9.44. The molecule has 4 saturated heterocycles. The zero-order chi connectivity index (χ0) is 47.1. The lowest BCUT2D eigenvalue weighted by Gasteiger charge is -2.62. The first-order valence-corrected chi connectivity index (χ1v) is 23.9. The van der Waals surface area contributed by atoms with E-state index in [4.69, 9.17) is 33.2 Å². The Balaban J connectivity index is 0.895. The molecule has 13 N–H and O–H groups in total. The van der Waals surface area contributed by atoms with E-state index in [0.29, 0.717) is 43.4 Å². The Bertz CT molecular complexity index is 1600. The van der Waals surface area contributed by atoms with E-state index in [1.807, 2.05) is 6.92 Å². The van der Waals surface area contributed by atoms with E-state index in [2.05, 4.69) is 20.8 Å². The average molecular weight is 937 g/mol. The van der Waals surface area contributed by atoms with Crippen LogP contribution in [0.2, 0.25) is 0 Å². The van der Waals surface area contributed by atoms with Crippen molar-refractivity contribution >= 4 is 0 Å². The van der Waals surface area contributed by atoms with Crippen LogP contribution in [0.1, 0.15) is 85.5 Å². The van der Waals surface area contributed by atoms with Gasteiger partial charge in [0.25, 0.3) is 0 Å². The third kappa shape index (κ3) is 8.89. The summed E-state index contributed by atoms with van der Waals surface area (Å²) in [7, 11) is 0. The first-order valence-electron chi connectivity index (χ1n) is 23.9. The molecule has 0 bridgehead atoms. The van der Waals surface area contributed by atoms with Crippen molar-refractivity contribution in [2.24, 2.45) is 52.3 Å². The van der Waals surface area contributed by atoms with Gasteiger partial charge in [-0.3, -0.25) is 0 Å². The highest BCUT2D eigenvalue weighted by molar-refractivity contribution is 5.15. The van der Waals surface area contributed by atoms with Gasteiger partial charge >= 0.3 is 0 Å². The van der Waals surface area contributed by atoms with E-state index in [0.717, 1.165) is 32.1 Å². The van der Waals surface area contributed by atoms with Crippen LogP contribution in [-0.4, -0.2) is 209 Å². The maximum atomic E-state index is 12.1. The molecule has 20 nitrogen and oxygen atoms in total. The molecule has 0 aromatic carbocycles. The van der Waals surface area contributed by atoms with Gasteiger partial charge in [0.2, 0.25) is 0 Å². The third-order valence-electron chi connectivity index (χ3n) is 18.0. The van der Waals surface area contributed by atoms with Gasteiger partial charge in [-0.25, -0.2) is 0 Å². The summed E-state index contributed by atoms with van der Waals surface area (Å²) >= 11 is 0. The molecule has 0 amide bonds. The lowest BCUT2D eigenvalue weighted by molar-refractivity contribution is -0.368. The second-order valence-corrected chi connectivity index (χ2v) is 21.6. The van der Waals surface area contributed by atoms with Gasteiger partial charge in [-0.1, -0.05) is 27.7 Å². The fourth-order valence-electron chi connectivity index (χ4n) is 14.2. The van der Waals surface area contributed by atoms with E-state index in [9.17, 15) is 66.4 Å². The molecule has 0 spiro atoms. The Morgan fingerprint density at radius 3 is 1.86 bits per heavy atom. The van der Waals surface area contributed by atoms with Crippen molar-refractivity contribution < 1.29 is 99.5 Å². The van der Waals surface area contributed by atoms with Crippen molar-refractivity contribution in [1.29, 1.82) is 0 Å². The first-order chi connectivity index (χ1) is 30.7. The molecule has 0 aromatic heterocycles. The van der Waals surface area contributed by atoms with Gasteiger partial charge in [0.1, 0.15) is 73.2 Å². The van der Waals surface area contributed by atoms with Gasteiger partial charge in [-0.2, -0.15) is 0 Å². The highest BCUT2D eigenvalue weighted by atomic mass is 16.7. The quantitative estimate of drug-likeness (QED) is 0.0829. The van der Waals surface area contributed by atoms with Crippen molar-refractivity contribution in [2.75, 3.05) is 26.4 Å². The molecule has 4 aliphatic carbocycles. The van der Waals surface area contributed by atoms with Crippen LogP contribution in [-0.2, 0) is 33.2 Å². The normalized spacial score (nSPS) is 56.1. The Morgan fingerprint density at radius 2 is 1.23 bits per heavy atom. The third-order valence-corrected chi connectivity index (χ3v) is 18.0. The number of hydrogen-bond acceptors (Lipinski definition) is 20. The highest BCUT2D eigenvalue weighted by Crippen LogP contribution is 2.71. The van der Waals surface area contributed by atoms with Gasteiger partial charge < -0.3 is 99.5 Å². The summed E-state index contributed by atoms with van der Waals surface area (Å²) in [6.45, 7) is 6.87. The largest absolute Gasteiger partial charge is 0.394 e. The van der Waals surface area contributed by atoms with Crippen molar-refractivity contribution in [3.63, 3.8) is 0 Å². The summed E-state index contributed by atoms with van der Waals surface area (Å²) in [5, 5.41) is 137. The highest BCUT2D eigenvalue weighted by Gasteiger charge is 2.69. The Labute approximate surface area is 379 Å². The van der Waals surface area contributed by atoms with Crippen LogP contribution in [0.15, 0.2) is 0 Å². The van der Waals surface area contributed by atoms with Crippen LogP contribution < -0.4 is 0 Å². The zero-order valence-electron chi connectivity index (χ0n) is 37.8. The molecule has 1 unspecified atom stereocenters. The Kier molecular flexibility index (Phi) is 15.1. The molecule has 28 atom stereocenters. The van der Waals surface area contributed by atoms with Crippen LogP contribution >= 0.6 is 0 Å². The van der Waals surface area contributed by atoms with Crippen LogP contribution in [0.25, 0.3) is 0 Å². The summed E-state index contributed by atoms with van der Waals surface area (Å²) in [6, 6.07) is 0. The van der Waals surface area contributed by atoms with Crippen LogP contribution in [0.3, 0.4) is 0 Å². The molecule has 376 valence electrons. The Hall–Kier alpha value is -0.800. The van der Waals surface area contributed by atoms with Crippen molar-refractivity contribution in [3.8, 4) is 0 Å². The maximum Gasteiger partial charge on any atom is 0.187 e. The van der Waals surface area contributed by atoms with Crippen molar-refractivity contribution in [1.82, 2.24) is 0 Å². The molecule has 20 heteroatoms. The summed E-state index contributed by atoms with van der Waals surface area (Å²) in [5.41, 5.74) is -0.342. The Morgan fingerprint density at radius 1 is 0.646 bits per heavy atom. The molecule has 0 radical (unpaired) electrons. The average Bonchev–Trinajstić information content (AvgIpc) is 3.72. The summed E-state index contributed by atoms with van der Waals surface area (Å²) in [4.78, 5) is 0. The molecule has 4 heterocycles. The molecule has 4 saturated carbocycles. The van der Waals surface area contributed by atoms with E-state index >= 15 is 0 Å². The standard InChI is InChI=1S/C45H76O20/c1-18(17-59-40-36(55)34(53)31(50)27(14-46)61-40)7-10-45(58)19(2)30-25(65-45)12-23-21-6-5-20-11-24(49)26(13-44(20,4)22(21)8-9-43(23,30)3)60-42-38(57)39(33(52)29(16-48)63-42)64-41-37(56)35(54)32(51)28(15-47)62-41/h18-42,46-58H,5-17H2,1-4H3/t18-,19-,20+,21+,22-,23-,24+,25-,26?,27+,28+,29+,30-,31+,32+,33+,34-,35-,36+,37+,38+,39-,40+,41-,42+,43-,44-,45+/m0/s1. The van der Waals surface area contributed by atoms with E-state index in [1.165, 1.54) is 0 Å². The van der Waals surface area contributed by atoms with Crippen LogP contribution in [0.4, 0.5) is 0 Å². The van der Waals surface area contributed by atoms with E-state index in [1.54, 1.807) is 0 Å². The molecule has 4 aliphatic heterocycles. The number of aliphatic hydroxyl groups excluding tert-OH is 12. The zero-order valence-corrected chi connectivity index (χ0v) is 37.8. The van der Waals surface area contributed by atoms with E-state index in [-0.39, 0.29) is 47.2 Å². The molecule has 65 heavy (non-hydrogen) atoms. The van der Waals surface area contributed by atoms with Gasteiger partial charge in [0.15, 0.2) is 24.7 Å². The van der Waals surface area contributed by atoms with Gasteiger partial charge in [-0.15, -0.1) is 0 Å². The fourth-order valence-corrected chi connectivity index (χ4v) is 14.2. The second-order valence-electron chi connectivity index (χ2n) is 21.6. The minimum Gasteiger partial charge on any atom is -0.394 e. The van der Waals surface area contributed by atoms with Gasteiger partial charge in [0.05, 0.1) is 44.7 Å². The summed E-state index contributed by atoms with van der Waals surface area (Å²) < 4.78 is 41.5. The number of hydrogen-bond donors (Lipinski definition) is 13. The molecule has 8 rings (SSSR count). The fraction of sp³-hybridized carbons (Fsp3) is 1.00. The predicted octanol–water partition coefficient (Wildman–Crippen LogP) is -2.81. The number of fused-ring (bicyclic) bond motifs is 7. The molecule has 0 aromatic rings. The monoisotopic (exact) mass is 936 g/mol. The summed E-state index contributed by atoms with van der Waals surface area (Å²) in [5.74, 6) is -0.238. The predicted molar refractivity (Wildman–Crippen MR) is 220 cm³/mol. The lowest BCUT2D eigenvalue weighted by Crippen LogP contribution is -2.65. The minimum absolute atomic E-state index is 0.0823. The summed E-state index contributed by atoms with van der Waals surface area (Å²) in [6.07, 6.45) is -18.1. The minimum atomic E-state index is -1.81. The molecular weight excluding hydrogens is 860 g/mol. The maximum absolute atomic E-state index is 12.1. The second kappa shape index (κ2) is 19.4. The number of rotatable bonds is 13. The molecule has 8 fully saturated rings. The molecule has 8 aliphatic rings. The van der Waals surface area contributed by atoms with Crippen LogP contribution in [0, 0.1) is 52.3 Å². The number of aliphatic hydroxyl groups is 13. The smallest absolute Gasteiger partial charge is 0.187 e. The topological polar surface area (TPSA) is 328 Å². The van der Waals surface area contributed by atoms with Crippen molar-refractivity contribution in [2.45, 2.75) is 202 Å². The van der Waals surface area contributed by atoms with Crippen molar-refractivity contribution in [3.05, 3.63) is 0 Å². The first kappa shape index (κ1) is 50.6. The van der Waals surface area contributed by atoms with E-state index < -0.39 is 130 Å². The molecular formula is C45H76O20. The SMILES string of the molecule is C[C@@H](CC[C@@]1(O)O[C@H]2C[C@H]3[C@@H]4CC[C@@H]5C[C@@H](O)C(O[C@@H]6O[C@H](CO)[C@@H](O)[C@H](O[C@@H]7O[C@H](CO)[C@@H](O)[C@H](O)[C@H]7O)[C@H]6O)C[C@]5(C)[C@H]4CC[C@]3(C)[C@H]2[C@@H]1C)CO[C@@H]1O[C@H](CO)[C@@H](O)[C@H](O)[C@H]1O.